The summed E-state index contributed by atoms with van der Waals surface area (Å²) in [5.74, 6) is -1.42. The lowest BCUT2D eigenvalue weighted by Crippen LogP contribution is -2.25. The van der Waals surface area contributed by atoms with Gasteiger partial charge in [0.1, 0.15) is 5.75 Å². The lowest BCUT2D eigenvalue weighted by atomic mass is 10.1. The highest BCUT2D eigenvalue weighted by Gasteiger charge is 2.35. The standard InChI is InChI=1S/C19H15F3N2O4/c1-27-16(19(20,21)22)8-11-2-4-12(5-3-11)18(26)23-13-6-7-14-15(9-13)28-10-17(25)24-14/h2-9H,10H2,1H3,(H,23,26)(H,24,25)/b16-8-. The number of anilines is 2. The summed E-state index contributed by atoms with van der Waals surface area (Å²) in [5.41, 5.74) is 1.45. The topological polar surface area (TPSA) is 76.7 Å². The molecule has 0 aromatic heterocycles. The fraction of sp³-hybridized carbons (Fsp3) is 0.158. The van der Waals surface area contributed by atoms with Crippen LogP contribution in [0.3, 0.4) is 0 Å². The molecule has 0 saturated heterocycles. The van der Waals surface area contributed by atoms with Crippen LogP contribution in [0.2, 0.25) is 0 Å². The van der Waals surface area contributed by atoms with Gasteiger partial charge >= 0.3 is 6.18 Å². The molecule has 2 amide bonds. The van der Waals surface area contributed by atoms with Gasteiger partial charge in [0.05, 0.1) is 12.8 Å². The summed E-state index contributed by atoms with van der Waals surface area (Å²) < 4.78 is 47.7. The molecule has 1 aliphatic heterocycles. The molecule has 2 aromatic carbocycles. The third-order valence-corrected chi connectivity index (χ3v) is 3.84. The fourth-order valence-corrected chi connectivity index (χ4v) is 2.49. The number of alkyl halides is 3. The molecule has 28 heavy (non-hydrogen) atoms. The summed E-state index contributed by atoms with van der Waals surface area (Å²) in [6.07, 6.45) is -3.75. The maximum atomic E-state index is 12.7. The second-order valence-corrected chi connectivity index (χ2v) is 5.83. The van der Waals surface area contributed by atoms with Gasteiger partial charge in [-0.05, 0) is 35.9 Å². The number of carbonyl (C=O) groups is 2. The Morgan fingerprint density at radius 3 is 2.57 bits per heavy atom. The average Bonchev–Trinajstić information content (AvgIpc) is 2.65. The molecular formula is C19H15F3N2O4. The van der Waals surface area contributed by atoms with E-state index in [9.17, 15) is 22.8 Å². The van der Waals surface area contributed by atoms with Gasteiger partial charge in [-0.25, -0.2) is 0 Å². The SMILES string of the molecule is CO/C(=C\c1ccc(C(=O)Nc2ccc3c(c2)OCC(=O)N3)cc1)C(F)(F)F. The number of fused-ring (bicyclic) bond motifs is 1. The predicted octanol–water partition coefficient (Wildman–Crippen LogP) is 3.82. The van der Waals surface area contributed by atoms with Crippen molar-refractivity contribution >= 4 is 29.3 Å². The number of carbonyl (C=O) groups excluding carboxylic acids is 2. The Bertz CT molecular complexity index is 937. The molecule has 0 radical (unpaired) electrons. The average molecular weight is 392 g/mol. The van der Waals surface area contributed by atoms with E-state index in [0.717, 1.165) is 13.2 Å². The van der Waals surface area contributed by atoms with Crippen LogP contribution < -0.4 is 15.4 Å². The molecule has 0 saturated carbocycles. The number of ether oxygens (including phenoxy) is 2. The molecule has 0 bridgehead atoms. The molecule has 1 heterocycles. The summed E-state index contributed by atoms with van der Waals surface area (Å²) in [4.78, 5) is 23.6. The minimum Gasteiger partial charge on any atom is -0.492 e. The maximum absolute atomic E-state index is 12.7. The number of hydrogen-bond donors (Lipinski definition) is 2. The van der Waals surface area contributed by atoms with Crippen LogP contribution in [-0.4, -0.2) is 31.7 Å². The Hall–Kier alpha value is -3.49. The van der Waals surface area contributed by atoms with Crippen LogP contribution >= 0.6 is 0 Å². The van der Waals surface area contributed by atoms with Gasteiger partial charge in [0, 0.05) is 17.3 Å². The quantitative estimate of drug-likeness (QED) is 0.776. The van der Waals surface area contributed by atoms with Crippen molar-refractivity contribution in [3.05, 3.63) is 59.4 Å². The highest BCUT2D eigenvalue weighted by molar-refractivity contribution is 6.05. The number of nitrogens with one attached hydrogen (secondary N) is 2. The van der Waals surface area contributed by atoms with Gasteiger partial charge in [0.15, 0.2) is 6.61 Å². The van der Waals surface area contributed by atoms with Crippen molar-refractivity contribution in [2.45, 2.75) is 6.18 Å². The largest absolute Gasteiger partial charge is 0.492 e. The molecule has 6 nitrogen and oxygen atoms in total. The summed E-state index contributed by atoms with van der Waals surface area (Å²) >= 11 is 0. The van der Waals surface area contributed by atoms with E-state index in [1.165, 1.54) is 24.3 Å². The van der Waals surface area contributed by atoms with Gasteiger partial charge in [0.2, 0.25) is 5.76 Å². The molecule has 0 fully saturated rings. The molecule has 9 heteroatoms. The van der Waals surface area contributed by atoms with E-state index in [4.69, 9.17) is 4.74 Å². The summed E-state index contributed by atoms with van der Waals surface area (Å²) in [6, 6.07) is 10.3. The highest BCUT2D eigenvalue weighted by atomic mass is 19.4. The molecule has 146 valence electrons. The first kappa shape index (κ1) is 19.3. The third-order valence-electron chi connectivity index (χ3n) is 3.84. The molecule has 3 rings (SSSR count). The predicted molar refractivity (Wildman–Crippen MR) is 96.0 cm³/mol. The summed E-state index contributed by atoms with van der Waals surface area (Å²) in [7, 11) is 0.939. The second kappa shape index (κ2) is 7.63. The van der Waals surface area contributed by atoms with Crippen molar-refractivity contribution in [3.63, 3.8) is 0 Å². The van der Waals surface area contributed by atoms with Gasteiger partial charge < -0.3 is 20.1 Å². The Morgan fingerprint density at radius 2 is 1.93 bits per heavy atom. The Morgan fingerprint density at radius 1 is 1.21 bits per heavy atom. The molecule has 0 unspecified atom stereocenters. The molecule has 0 aliphatic carbocycles. The second-order valence-electron chi connectivity index (χ2n) is 5.83. The van der Waals surface area contributed by atoms with Crippen molar-refractivity contribution in [2.75, 3.05) is 24.4 Å². The Kier molecular flexibility index (Phi) is 5.25. The fourth-order valence-electron chi connectivity index (χ4n) is 2.49. The third kappa shape index (κ3) is 4.43. The van der Waals surface area contributed by atoms with E-state index in [0.29, 0.717) is 17.1 Å². The molecule has 2 aromatic rings. The maximum Gasteiger partial charge on any atom is 0.448 e. The highest BCUT2D eigenvalue weighted by Crippen LogP contribution is 2.31. The zero-order valence-electron chi connectivity index (χ0n) is 14.6. The van der Waals surface area contributed by atoms with E-state index in [1.54, 1.807) is 18.2 Å². The van der Waals surface area contributed by atoms with E-state index in [-0.39, 0.29) is 23.6 Å². The molecular weight excluding hydrogens is 377 g/mol. The van der Waals surface area contributed by atoms with Gasteiger partial charge in [-0.1, -0.05) is 12.1 Å². The van der Waals surface area contributed by atoms with E-state index >= 15 is 0 Å². The molecule has 1 aliphatic rings. The summed E-state index contributed by atoms with van der Waals surface area (Å²) in [5, 5.41) is 5.30. The van der Waals surface area contributed by atoms with Crippen LogP contribution in [0.15, 0.2) is 48.2 Å². The van der Waals surface area contributed by atoms with Gasteiger partial charge in [-0.15, -0.1) is 0 Å². The number of halogens is 3. The number of rotatable bonds is 4. The van der Waals surface area contributed by atoms with Gasteiger partial charge in [0.25, 0.3) is 11.8 Å². The minimum atomic E-state index is -4.60. The van der Waals surface area contributed by atoms with Crippen LogP contribution in [0.1, 0.15) is 15.9 Å². The monoisotopic (exact) mass is 392 g/mol. The van der Waals surface area contributed by atoms with E-state index in [2.05, 4.69) is 15.4 Å². The number of amides is 2. The van der Waals surface area contributed by atoms with E-state index < -0.39 is 17.8 Å². The van der Waals surface area contributed by atoms with Crippen molar-refractivity contribution in [1.82, 2.24) is 0 Å². The van der Waals surface area contributed by atoms with Crippen LogP contribution in [0.4, 0.5) is 24.5 Å². The lowest BCUT2D eigenvalue weighted by molar-refractivity contribution is -0.124. The summed E-state index contributed by atoms with van der Waals surface area (Å²) in [6.45, 7) is -0.110. The van der Waals surface area contributed by atoms with Gasteiger partial charge in [-0.3, -0.25) is 9.59 Å². The smallest absolute Gasteiger partial charge is 0.448 e. The van der Waals surface area contributed by atoms with Crippen LogP contribution in [0.5, 0.6) is 5.75 Å². The minimum absolute atomic E-state index is 0.110. The van der Waals surface area contributed by atoms with E-state index in [1.807, 2.05) is 0 Å². The zero-order valence-corrected chi connectivity index (χ0v) is 14.6. The number of benzene rings is 2. The van der Waals surface area contributed by atoms with Crippen molar-refractivity contribution in [3.8, 4) is 5.75 Å². The Labute approximate surface area is 157 Å². The Balaban J connectivity index is 1.72. The lowest BCUT2D eigenvalue weighted by Gasteiger charge is -2.18. The van der Waals surface area contributed by atoms with Crippen LogP contribution in [0, 0.1) is 0 Å². The molecule has 2 N–H and O–H groups in total. The van der Waals surface area contributed by atoms with Crippen molar-refractivity contribution < 1.29 is 32.2 Å². The zero-order chi connectivity index (χ0) is 20.3. The first-order valence-electron chi connectivity index (χ1n) is 8.07. The van der Waals surface area contributed by atoms with Crippen molar-refractivity contribution in [2.24, 2.45) is 0 Å². The number of methoxy groups -OCH3 is 1. The number of hydrogen-bond acceptors (Lipinski definition) is 4. The number of allylic oxidation sites excluding steroid dienone is 1. The first-order valence-corrected chi connectivity index (χ1v) is 8.07. The normalized spacial score (nSPS) is 13.9. The van der Waals surface area contributed by atoms with Crippen LogP contribution in [-0.2, 0) is 9.53 Å². The molecule has 0 atom stereocenters. The molecule has 0 spiro atoms. The first-order chi connectivity index (χ1) is 13.3. The van der Waals surface area contributed by atoms with Gasteiger partial charge in [-0.2, -0.15) is 13.2 Å². The van der Waals surface area contributed by atoms with Crippen LogP contribution in [0.25, 0.3) is 6.08 Å². The van der Waals surface area contributed by atoms with Crippen molar-refractivity contribution in [1.29, 1.82) is 0 Å².